The first kappa shape index (κ1) is 21.7. The van der Waals surface area contributed by atoms with Crippen LogP contribution in [0.15, 0.2) is 48.5 Å². The van der Waals surface area contributed by atoms with Crippen LogP contribution in [-0.2, 0) is 14.3 Å². The predicted octanol–water partition coefficient (Wildman–Crippen LogP) is 4.10. The molecule has 2 amide bonds. The van der Waals surface area contributed by atoms with Crippen molar-refractivity contribution in [2.75, 3.05) is 25.0 Å². The summed E-state index contributed by atoms with van der Waals surface area (Å²) in [6, 6.07) is 11.6. The normalized spacial score (nSPS) is 16.0. The molecule has 0 aliphatic carbocycles. The van der Waals surface area contributed by atoms with Crippen molar-refractivity contribution in [3.8, 4) is 0 Å². The fraction of sp³-hybridized carbons (Fsp3) is 0.333. The lowest BCUT2D eigenvalue weighted by molar-refractivity contribution is -0.131. The number of halogens is 1. The van der Waals surface area contributed by atoms with Crippen molar-refractivity contribution in [2.24, 2.45) is 0 Å². The fourth-order valence-corrected chi connectivity index (χ4v) is 3.36. The molecular formula is C24H27FN2O3. The first-order chi connectivity index (χ1) is 14.4. The third-order valence-electron chi connectivity index (χ3n) is 5.26. The number of hydrogen-bond acceptors (Lipinski definition) is 3. The lowest BCUT2D eigenvalue weighted by atomic mass is 10.1. The summed E-state index contributed by atoms with van der Waals surface area (Å²) < 4.78 is 18.7. The van der Waals surface area contributed by atoms with Gasteiger partial charge in [0.05, 0.1) is 6.10 Å². The Labute approximate surface area is 176 Å². The number of ether oxygens (including phenoxy) is 1. The number of nitrogens with zero attached hydrogens (tertiary/aromatic N) is 1. The molecule has 1 heterocycles. The smallest absolute Gasteiger partial charge is 0.247 e. The highest BCUT2D eigenvalue weighted by atomic mass is 19.1. The molecule has 0 radical (unpaired) electrons. The van der Waals surface area contributed by atoms with Crippen LogP contribution in [0.25, 0.3) is 6.08 Å². The minimum Gasteiger partial charge on any atom is -0.376 e. The maximum absolute atomic E-state index is 13.1. The molecule has 1 atom stereocenters. The molecule has 0 unspecified atom stereocenters. The molecule has 0 spiro atoms. The Morgan fingerprint density at radius 1 is 1.20 bits per heavy atom. The summed E-state index contributed by atoms with van der Waals surface area (Å²) in [5, 5.41) is 2.90. The monoisotopic (exact) mass is 410 g/mol. The van der Waals surface area contributed by atoms with Crippen LogP contribution in [0.5, 0.6) is 0 Å². The minimum absolute atomic E-state index is 0.0679. The summed E-state index contributed by atoms with van der Waals surface area (Å²) in [7, 11) is 0. The van der Waals surface area contributed by atoms with E-state index in [9.17, 15) is 14.0 Å². The molecule has 1 N–H and O–H groups in total. The van der Waals surface area contributed by atoms with E-state index in [2.05, 4.69) is 5.32 Å². The Kier molecular flexibility index (Phi) is 7.36. The molecule has 1 fully saturated rings. The van der Waals surface area contributed by atoms with Crippen LogP contribution in [0.2, 0.25) is 0 Å². The third-order valence-corrected chi connectivity index (χ3v) is 5.26. The van der Waals surface area contributed by atoms with Gasteiger partial charge in [0, 0.05) is 24.9 Å². The number of carbonyl (C=O) groups excluding carboxylic acids is 2. The molecule has 30 heavy (non-hydrogen) atoms. The van der Waals surface area contributed by atoms with Crippen molar-refractivity contribution < 1.29 is 18.7 Å². The molecule has 6 heteroatoms. The minimum atomic E-state index is -0.332. The van der Waals surface area contributed by atoms with Crippen LogP contribution >= 0.6 is 0 Å². The van der Waals surface area contributed by atoms with Gasteiger partial charge >= 0.3 is 0 Å². The van der Waals surface area contributed by atoms with Crippen LogP contribution in [0.3, 0.4) is 0 Å². The molecule has 1 aliphatic rings. The number of amides is 2. The van der Waals surface area contributed by atoms with Crippen molar-refractivity contribution in [3.63, 3.8) is 0 Å². The standard InChI is InChI=1S/C24H27FN2O3/c1-17-5-3-7-22(18(17)2)26-23(28)16-27(15-21-6-4-14-30-21)24(29)13-10-19-8-11-20(25)12-9-19/h3,5,7-13,21H,4,6,14-16H2,1-2H3,(H,26,28)/b13-10+/t21-/m0/s1. The number of anilines is 1. The zero-order chi connectivity index (χ0) is 21.5. The maximum Gasteiger partial charge on any atom is 0.247 e. The summed E-state index contributed by atoms with van der Waals surface area (Å²) in [6.45, 7) is 4.89. The van der Waals surface area contributed by atoms with Crippen molar-refractivity contribution in [1.82, 2.24) is 4.90 Å². The Balaban J connectivity index is 1.69. The summed E-state index contributed by atoms with van der Waals surface area (Å²) in [4.78, 5) is 27.0. The van der Waals surface area contributed by atoms with E-state index in [0.29, 0.717) is 18.7 Å². The number of hydrogen-bond donors (Lipinski definition) is 1. The largest absolute Gasteiger partial charge is 0.376 e. The molecule has 5 nitrogen and oxygen atoms in total. The topological polar surface area (TPSA) is 58.6 Å². The van der Waals surface area contributed by atoms with E-state index in [1.807, 2.05) is 32.0 Å². The predicted molar refractivity (Wildman–Crippen MR) is 116 cm³/mol. The van der Waals surface area contributed by atoms with Gasteiger partial charge in [0.2, 0.25) is 11.8 Å². The molecular weight excluding hydrogens is 383 g/mol. The molecule has 0 bridgehead atoms. The molecule has 1 aliphatic heterocycles. The van der Waals surface area contributed by atoms with Gasteiger partial charge in [-0.1, -0.05) is 24.3 Å². The molecule has 1 saturated heterocycles. The molecule has 0 aromatic heterocycles. The van der Waals surface area contributed by atoms with Crippen LogP contribution in [-0.4, -0.2) is 42.5 Å². The van der Waals surface area contributed by atoms with Crippen LogP contribution in [0, 0.1) is 19.7 Å². The van der Waals surface area contributed by atoms with E-state index >= 15 is 0 Å². The Morgan fingerprint density at radius 2 is 1.97 bits per heavy atom. The maximum atomic E-state index is 13.1. The molecule has 2 aromatic rings. The molecule has 2 aromatic carbocycles. The molecule has 158 valence electrons. The van der Waals surface area contributed by atoms with E-state index in [1.165, 1.54) is 23.1 Å². The van der Waals surface area contributed by atoms with E-state index < -0.39 is 0 Å². The summed E-state index contributed by atoms with van der Waals surface area (Å²) >= 11 is 0. The summed E-state index contributed by atoms with van der Waals surface area (Å²) in [5.41, 5.74) is 3.54. The number of nitrogens with one attached hydrogen (secondary N) is 1. The Morgan fingerprint density at radius 3 is 2.67 bits per heavy atom. The second kappa shape index (κ2) is 10.2. The average molecular weight is 410 g/mol. The zero-order valence-corrected chi connectivity index (χ0v) is 17.4. The zero-order valence-electron chi connectivity index (χ0n) is 17.4. The highest BCUT2D eigenvalue weighted by Gasteiger charge is 2.23. The number of aryl methyl sites for hydroxylation is 1. The highest BCUT2D eigenvalue weighted by Crippen LogP contribution is 2.18. The van der Waals surface area contributed by atoms with E-state index in [-0.39, 0.29) is 30.3 Å². The van der Waals surface area contributed by atoms with E-state index in [4.69, 9.17) is 4.74 Å². The van der Waals surface area contributed by atoms with Gasteiger partial charge < -0.3 is 15.0 Å². The first-order valence-electron chi connectivity index (χ1n) is 10.1. The first-order valence-corrected chi connectivity index (χ1v) is 10.1. The SMILES string of the molecule is Cc1cccc(NC(=O)CN(C[C@@H]2CCCO2)C(=O)/C=C/c2ccc(F)cc2)c1C. The van der Waals surface area contributed by atoms with Crippen molar-refractivity contribution in [2.45, 2.75) is 32.8 Å². The van der Waals surface area contributed by atoms with Crippen LogP contribution in [0.1, 0.15) is 29.5 Å². The van der Waals surface area contributed by atoms with E-state index in [0.717, 1.165) is 29.7 Å². The Bertz CT molecular complexity index is 919. The summed E-state index contributed by atoms with van der Waals surface area (Å²) in [6.07, 6.45) is 4.78. The van der Waals surface area contributed by atoms with Crippen molar-refractivity contribution >= 4 is 23.6 Å². The van der Waals surface area contributed by atoms with Gasteiger partial charge in [-0.15, -0.1) is 0 Å². The van der Waals surface area contributed by atoms with Crippen molar-refractivity contribution in [1.29, 1.82) is 0 Å². The van der Waals surface area contributed by atoms with Gasteiger partial charge in [-0.05, 0) is 67.7 Å². The van der Waals surface area contributed by atoms with Gasteiger partial charge in [-0.25, -0.2) is 4.39 Å². The molecule has 3 rings (SSSR count). The van der Waals surface area contributed by atoms with E-state index in [1.54, 1.807) is 18.2 Å². The van der Waals surface area contributed by atoms with Crippen LogP contribution < -0.4 is 5.32 Å². The van der Waals surface area contributed by atoms with Gasteiger partial charge in [-0.2, -0.15) is 0 Å². The lowest BCUT2D eigenvalue weighted by Gasteiger charge is -2.24. The Hall–Kier alpha value is -2.99. The van der Waals surface area contributed by atoms with Gasteiger partial charge in [0.1, 0.15) is 12.4 Å². The molecule has 0 saturated carbocycles. The van der Waals surface area contributed by atoms with Crippen LogP contribution in [0.4, 0.5) is 10.1 Å². The lowest BCUT2D eigenvalue weighted by Crippen LogP contribution is -2.41. The number of carbonyl (C=O) groups is 2. The quantitative estimate of drug-likeness (QED) is 0.699. The number of benzene rings is 2. The van der Waals surface area contributed by atoms with Gasteiger partial charge in [0.15, 0.2) is 0 Å². The third kappa shape index (κ3) is 6.00. The second-order valence-corrected chi connectivity index (χ2v) is 7.53. The summed E-state index contributed by atoms with van der Waals surface area (Å²) in [5.74, 6) is -0.877. The highest BCUT2D eigenvalue weighted by molar-refractivity contribution is 5.98. The fourth-order valence-electron chi connectivity index (χ4n) is 3.36. The van der Waals surface area contributed by atoms with Gasteiger partial charge in [0.25, 0.3) is 0 Å². The van der Waals surface area contributed by atoms with Gasteiger partial charge in [-0.3, -0.25) is 9.59 Å². The second-order valence-electron chi connectivity index (χ2n) is 7.53. The van der Waals surface area contributed by atoms with Crippen molar-refractivity contribution in [3.05, 3.63) is 71.0 Å². The average Bonchev–Trinajstić information content (AvgIpc) is 3.23. The number of rotatable bonds is 7.